The van der Waals surface area contributed by atoms with Gasteiger partial charge < -0.3 is 14.8 Å². The van der Waals surface area contributed by atoms with Gasteiger partial charge in [0.15, 0.2) is 0 Å². The van der Waals surface area contributed by atoms with E-state index in [2.05, 4.69) is 25.8 Å². The second-order valence-corrected chi connectivity index (χ2v) is 5.79. The summed E-state index contributed by atoms with van der Waals surface area (Å²) in [6.07, 6.45) is 2.60. The number of methoxy groups -OCH3 is 2. The molecular formula is C18H15N3O4S. The van der Waals surface area contributed by atoms with E-state index in [0.29, 0.717) is 21.2 Å². The molecule has 2 aromatic rings. The molecule has 2 rings (SSSR count). The van der Waals surface area contributed by atoms with E-state index in [-0.39, 0.29) is 5.70 Å². The molecule has 0 amide bonds. The smallest absolute Gasteiger partial charge is 0.354 e. The van der Waals surface area contributed by atoms with E-state index in [4.69, 9.17) is 0 Å². The molecule has 8 heteroatoms. The molecule has 26 heavy (non-hydrogen) atoms. The summed E-state index contributed by atoms with van der Waals surface area (Å²) >= 11 is 1.26. The van der Waals surface area contributed by atoms with Gasteiger partial charge in [-0.25, -0.2) is 14.6 Å². The Labute approximate surface area is 154 Å². The summed E-state index contributed by atoms with van der Waals surface area (Å²) in [6, 6.07) is 12.5. The lowest BCUT2D eigenvalue weighted by molar-refractivity contribution is -0.138. The van der Waals surface area contributed by atoms with E-state index < -0.39 is 11.9 Å². The first-order valence-corrected chi connectivity index (χ1v) is 8.17. The molecule has 1 heterocycles. The van der Waals surface area contributed by atoms with Crippen molar-refractivity contribution in [2.75, 3.05) is 19.5 Å². The van der Waals surface area contributed by atoms with Crippen molar-refractivity contribution in [2.45, 2.75) is 9.92 Å². The molecule has 0 fully saturated rings. The molecule has 0 aliphatic heterocycles. The number of aromatic nitrogens is 1. The Morgan fingerprint density at radius 3 is 2.65 bits per heavy atom. The summed E-state index contributed by atoms with van der Waals surface area (Å²) in [5.74, 6) is -1.41. The van der Waals surface area contributed by atoms with Crippen LogP contribution in [0.2, 0.25) is 0 Å². The predicted molar refractivity (Wildman–Crippen MR) is 95.3 cm³/mol. The van der Waals surface area contributed by atoms with Crippen molar-refractivity contribution in [1.82, 2.24) is 4.98 Å². The third-order valence-corrected chi connectivity index (χ3v) is 4.22. The Morgan fingerprint density at radius 2 is 1.96 bits per heavy atom. The number of nitriles is 1. The Morgan fingerprint density at radius 1 is 1.19 bits per heavy atom. The Balaban J connectivity index is 2.36. The number of anilines is 1. The van der Waals surface area contributed by atoms with Crippen LogP contribution in [0.3, 0.4) is 0 Å². The first-order chi connectivity index (χ1) is 12.6. The van der Waals surface area contributed by atoms with Crippen molar-refractivity contribution in [2.24, 2.45) is 0 Å². The summed E-state index contributed by atoms with van der Waals surface area (Å²) in [7, 11) is 2.42. The molecule has 1 aromatic heterocycles. The van der Waals surface area contributed by atoms with E-state index >= 15 is 0 Å². The Kier molecular flexibility index (Phi) is 6.76. The average Bonchev–Trinajstić information content (AvgIpc) is 2.68. The first kappa shape index (κ1) is 19.0. The molecule has 0 aliphatic carbocycles. The van der Waals surface area contributed by atoms with Crippen LogP contribution in [0.25, 0.3) is 0 Å². The normalized spacial score (nSPS) is 10.6. The van der Waals surface area contributed by atoms with Crippen LogP contribution in [0, 0.1) is 11.3 Å². The zero-order valence-electron chi connectivity index (χ0n) is 14.1. The lowest BCUT2D eigenvalue weighted by Gasteiger charge is -2.13. The number of nitrogens with one attached hydrogen (secondary N) is 1. The molecule has 0 radical (unpaired) electrons. The lowest BCUT2D eigenvalue weighted by Crippen LogP contribution is -2.15. The largest absolute Gasteiger partial charge is 0.466 e. The van der Waals surface area contributed by atoms with Gasteiger partial charge in [0.25, 0.3) is 0 Å². The van der Waals surface area contributed by atoms with Crippen LogP contribution in [0.5, 0.6) is 0 Å². The van der Waals surface area contributed by atoms with Crippen molar-refractivity contribution in [3.05, 3.63) is 59.9 Å². The van der Waals surface area contributed by atoms with Gasteiger partial charge in [-0.2, -0.15) is 5.26 Å². The summed E-state index contributed by atoms with van der Waals surface area (Å²) in [4.78, 5) is 28.3. The number of carbonyl (C=O) groups is 2. The summed E-state index contributed by atoms with van der Waals surface area (Å²) in [6.45, 7) is 0. The first-order valence-electron chi connectivity index (χ1n) is 7.36. The molecular weight excluding hydrogens is 354 g/mol. The molecule has 7 nitrogen and oxygen atoms in total. The van der Waals surface area contributed by atoms with Gasteiger partial charge in [0, 0.05) is 11.1 Å². The third kappa shape index (κ3) is 4.84. The van der Waals surface area contributed by atoms with E-state index in [1.807, 2.05) is 6.07 Å². The number of carbonyl (C=O) groups excluding carboxylic acids is 2. The van der Waals surface area contributed by atoms with Crippen LogP contribution >= 0.6 is 11.8 Å². The molecule has 0 saturated carbocycles. The van der Waals surface area contributed by atoms with Gasteiger partial charge in [-0.1, -0.05) is 23.9 Å². The second kappa shape index (κ2) is 9.25. The minimum absolute atomic E-state index is 0.0751. The number of benzene rings is 1. The van der Waals surface area contributed by atoms with Crippen molar-refractivity contribution in [1.29, 1.82) is 5.26 Å². The number of hydrogen-bond donors (Lipinski definition) is 1. The fourth-order valence-electron chi connectivity index (χ4n) is 1.90. The van der Waals surface area contributed by atoms with Crippen molar-refractivity contribution >= 4 is 29.4 Å². The highest BCUT2D eigenvalue weighted by Gasteiger charge is 2.15. The highest BCUT2D eigenvalue weighted by molar-refractivity contribution is 7.99. The summed E-state index contributed by atoms with van der Waals surface area (Å²) < 4.78 is 9.24. The van der Waals surface area contributed by atoms with Gasteiger partial charge in [-0.15, -0.1) is 0 Å². The number of rotatable bonds is 6. The standard InChI is InChI=1S/C18H15N3O4S/c1-24-16(22)10-14(18(23)25-2)21-13-7-3-4-8-15(13)26-17-12(11-19)6-5-9-20-17/h3-10,21H,1-2H3/b14-10+. The Bertz CT molecular complexity index is 890. The van der Waals surface area contributed by atoms with Crippen LogP contribution in [0.4, 0.5) is 5.69 Å². The highest BCUT2D eigenvalue weighted by atomic mass is 32.2. The minimum atomic E-state index is -0.717. The van der Waals surface area contributed by atoms with Crippen molar-refractivity contribution < 1.29 is 19.1 Å². The van der Waals surface area contributed by atoms with Gasteiger partial charge in [0.2, 0.25) is 0 Å². The number of hydrogen-bond acceptors (Lipinski definition) is 8. The molecule has 0 atom stereocenters. The van der Waals surface area contributed by atoms with Crippen LogP contribution in [-0.4, -0.2) is 31.1 Å². The monoisotopic (exact) mass is 369 g/mol. The summed E-state index contributed by atoms with van der Waals surface area (Å²) in [5, 5.41) is 12.6. The van der Waals surface area contributed by atoms with Crippen molar-refractivity contribution in [3.8, 4) is 6.07 Å². The molecule has 0 saturated heterocycles. The fraction of sp³-hybridized carbons (Fsp3) is 0.111. The fourth-order valence-corrected chi connectivity index (χ4v) is 2.82. The minimum Gasteiger partial charge on any atom is -0.466 e. The number of pyridine rings is 1. The molecule has 0 aliphatic rings. The van der Waals surface area contributed by atoms with Gasteiger partial charge in [-0.3, -0.25) is 0 Å². The maximum Gasteiger partial charge on any atom is 0.354 e. The maximum absolute atomic E-state index is 11.9. The average molecular weight is 369 g/mol. The predicted octanol–water partition coefficient (Wildman–Crippen LogP) is 2.75. The second-order valence-electron chi connectivity index (χ2n) is 4.76. The number of nitrogens with zero attached hydrogens (tertiary/aromatic N) is 2. The highest BCUT2D eigenvalue weighted by Crippen LogP contribution is 2.34. The topological polar surface area (TPSA) is 101 Å². The van der Waals surface area contributed by atoms with E-state index in [1.165, 1.54) is 26.0 Å². The molecule has 132 valence electrons. The van der Waals surface area contributed by atoms with E-state index in [1.54, 1.807) is 36.5 Å². The molecule has 0 bridgehead atoms. The zero-order chi connectivity index (χ0) is 18.9. The van der Waals surface area contributed by atoms with Gasteiger partial charge in [0.05, 0.1) is 31.5 Å². The maximum atomic E-state index is 11.9. The molecule has 1 aromatic carbocycles. The zero-order valence-corrected chi connectivity index (χ0v) is 14.9. The third-order valence-electron chi connectivity index (χ3n) is 3.12. The number of ether oxygens (including phenoxy) is 2. The Hall–Kier alpha value is -3.31. The number of para-hydroxylation sites is 1. The van der Waals surface area contributed by atoms with E-state index in [0.717, 1.165) is 6.08 Å². The van der Waals surface area contributed by atoms with Gasteiger partial charge in [0.1, 0.15) is 16.8 Å². The quantitative estimate of drug-likeness (QED) is 0.613. The molecule has 0 spiro atoms. The van der Waals surface area contributed by atoms with E-state index in [9.17, 15) is 14.9 Å². The SMILES string of the molecule is COC(=O)/C=C(/Nc1ccccc1Sc1ncccc1C#N)C(=O)OC. The molecule has 0 unspecified atom stereocenters. The lowest BCUT2D eigenvalue weighted by atomic mass is 10.3. The van der Waals surface area contributed by atoms with Gasteiger partial charge >= 0.3 is 11.9 Å². The van der Waals surface area contributed by atoms with Crippen LogP contribution < -0.4 is 5.32 Å². The van der Waals surface area contributed by atoms with Crippen LogP contribution in [-0.2, 0) is 19.1 Å². The summed E-state index contributed by atoms with van der Waals surface area (Å²) in [5.41, 5.74) is 0.909. The number of esters is 2. The van der Waals surface area contributed by atoms with Crippen LogP contribution in [0.1, 0.15) is 5.56 Å². The molecule has 1 N–H and O–H groups in total. The van der Waals surface area contributed by atoms with Crippen LogP contribution in [0.15, 0.2) is 64.3 Å². The van der Waals surface area contributed by atoms with Gasteiger partial charge in [-0.05, 0) is 24.3 Å². The van der Waals surface area contributed by atoms with Crippen molar-refractivity contribution in [3.63, 3.8) is 0 Å².